The predicted molar refractivity (Wildman–Crippen MR) is 141 cm³/mol. The van der Waals surface area contributed by atoms with Crippen molar-refractivity contribution in [2.24, 2.45) is 0 Å². The normalized spacial score (nSPS) is 13.2. The molecule has 0 saturated heterocycles. The third kappa shape index (κ3) is 4.16. The van der Waals surface area contributed by atoms with Crippen molar-refractivity contribution in [2.45, 2.75) is 5.60 Å². The van der Waals surface area contributed by atoms with E-state index in [4.69, 9.17) is 9.84 Å². The quantitative estimate of drug-likeness (QED) is 0.228. The first kappa shape index (κ1) is 24.4. The number of fused-ring (bicyclic) bond motifs is 2. The highest BCUT2D eigenvalue weighted by Gasteiger charge is 2.48. The number of phenols is 3. The van der Waals surface area contributed by atoms with E-state index in [1.807, 2.05) is 24.3 Å². The van der Waals surface area contributed by atoms with Crippen LogP contribution in [0.3, 0.4) is 0 Å². The van der Waals surface area contributed by atoms with Gasteiger partial charge in [0.2, 0.25) is 0 Å². The number of phenolic OH excluding ortho intramolecular Hbond substituents is 2. The minimum Gasteiger partial charge on any atom is -0.508 e. The number of benzene rings is 5. The highest BCUT2D eigenvalue weighted by Crippen LogP contribution is 2.47. The van der Waals surface area contributed by atoms with E-state index < -0.39 is 17.5 Å². The van der Waals surface area contributed by atoms with Crippen molar-refractivity contribution < 1.29 is 34.8 Å². The fourth-order valence-electron chi connectivity index (χ4n) is 4.63. The maximum atomic E-state index is 12.4. The van der Waals surface area contributed by atoms with Crippen LogP contribution >= 0.6 is 0 Å². The minimum absolute atomic E-state index is 0.0660. The summed E-state index contributed by atoms with van der Waals surface area (Å²) in [4.78, 5) is 23.1. The number of carboxylic acid groups (broad SMARTS) is 1. The van der Waals surface area contributed by atoms with Crippen LogP contribution in [-0.2, 0) is 10.3 Å². The molecule has 0 amide bonds. The maximum absolute atomic E-state index is 12.4. The van der Waals surface area contributed by atoms with Gasteiger partial charge in [-0.1, -0.05) is 72.8 Å². The summed E-state index contributed by atoms with van der Waals surface area (Å²) < 4.78 is 5.87. The number of carbonyl (C=O) groups excluding carboxylic acids is 1. The molecule has 7 heteroatoms. The summed E-state index contributed by atoms with van der Waals surface area (Å²) in [7, 11) is 0. The summed E-state index contributed by atoms with van der Waals surface area (Å²) >= 11 is 0. The molecule has 0 aliphatic carbocycles. The van der Waals surface area contributed by atoms with E-state index in [0.29, 0.717) is 10.9 Å². The Balaban J connectivity index is 0.000000179. The summed E-state index contributed by atoms with van der Waals surface area (Å²) in [6.45, 7) is 0. The highest BCUT2D eigenvalue weighted by atomic mass is 16.6. The summed E-state index contributed by atoms with van der Waals surface area (Å²) in [5.41, 5.74) is 1.54. The van der Waals surface area contributed by atoms with Crippen molar-refractivity contribution in [3.8, 4) is 17.2 Å². The molecule has 0 spiro atoms. The summed E-state index contributed by atoms with van der Waals surface area (Å²) in [5.74, 6) is -1.41. The first-order valence-corrected chi connectivity index (χ1v) is 11.7. The van der Waals surface area contributed by atoms with Crippen LogP contribution in [0, 0.1) is 0 Å². The first-order chi connectivity index (χ1) is 18.3. The van der Waals surface area contributed by atoms with Gasteiger partial charge in [-0.2, -0.15) is 0 Å². The van der Waals surface area contributed by atoms with E-state index in [1.54, 1.807) is 78.9 Å². The Morgan fingerprint density at radius 1 is 0.658 bits per heavy atom. The average Bonchev–Trinajstić information content (AvgIpc) is 3.23. The van der Waals surface area contributed by atoms with Crippen molar-refractivity contribution in [3.63, 3.8) is 0 Å². The molecular formula is C31H22O7. The number of cyclic esters (lactones) is 1. The van der Waals surface area contributed by atoms with E-state index in [2.05, 4.69) is 0 Å². The molecular weight excluding hydrogens is 484 g/mol. The molecule has 0 fully saturated rings. The van der Waals surface area contributed by atoms with E-state index in [-0.39, 0.29) is 22.8 Å². The van der Waals surface area contributed by atoms with Crippen LogP contribution in [0.2, 0.25) is 0 Å². The molecule has 5 aromatic rings. The lowest BCUT2D eigenvalue weighted by atomic mass is 9.80. The third-order valence-corrected chi connectivity index (χ3v) is 6.45. The van der Waals surface area contributed by atoms with Crippen LogP contribution in [0.15, 0.2) is 109 Å². The number of aromatic carboxylic acids is 1. The van der Waals surface area contributed by atoms with Crippen LogP contribution in [0.1, 0.15) is 37.4 Å². The molecule has 1 aliphatic heterocycles. The minimum atomic E-state index is -1.12. The highest BCUT2D eigenvalue weighted by molar-refractivity contribution is 6.00. The number of carbonyl (C=O) groups is 2. The standard InChI is InChI=1S/C20H14O4.C11H8O3/c21-15-9-5-13(6-10-15)20(14-7-11-16(22)12-8-14)18-4-2-1-3-17(18)19(23)24-20;12-10-8-4-2-1-3-7(8)5-6-9(10)11(13)14/h1-12,21-22H;1-6,12H,(H,13,14). The van der Waals surface area contributed by atoms with Crippen LogP contribution in [0.25, 0.3) is 10.8 Å². The second kappa shape index (κ2) is 9.63. The van der Waals surface area contributed by atoms with Gasteiger partial charge in [0.15, 0.2) is 5.60 Å². The van der Waals surface area contributed by atoms with Crippen molar-refractivity contribution in [3.05, 3.63) is 137 Å². The molecule has 0 unspecified atom stereocenters. The molecule has 0 aromatic heterocycles. The van der Waals surface area contributed by atoms with Gasteiger partial charge in [-0.15, -0.1) is 0 Å². The van der Waals surface area contributed by atoms with Crippen LogP contribution in [0.4, 0.5) is 0 Å². The number of esters is 1. The molecule has 4 N–H and O–H groups in total. The van der Waals surface area contributed by atoms with Crippen molar-refractivity contribution in [1.82, 2.24) is 0 Å². The van der Waals surface area contributed by atoms with Crippen molar-refractivity contribution >= 4 is 22.7 Å². The number of hydrogen-bond donors (Lipinski definition) is 4. The molecule has 38 heavy (non-hydrogen) atoms. The Bertz CT molecular complexity index is 1610. The lowest BCUT2D eigenvalue weighted by molar-refractivity contribution is 0.0251. The molecule has 0 bridgehead atoms. The zero-order valence-electron chi connectivity index (χ0n) is 19.9. The molecule has 7 nitrogen and oxygen atoms in total. The lowest BCUT2D eigenvalue weighted by Crippen LogP contribution is -2.29. The van der Waals surface area contributed by atoms with Gasteiger partial charge in [-0.3, -0.25) is 0 Å². The van der Waals surface area contributed by atoms with E-state index >= 15 is 0 Å². The van der Waals surface area contributed by atoms with Gasteiger partial charge in [-0.05, 0) is 41.8 Å². The molecule has 188 valence electrons. The van der Waals surface area contributed by atoms with Crippen LogP contribution in [-0.4, -0.2) is 32.4 Å². The van der Waals surface area contributed by atoms with E-state index in [1.165, 1.54) is 6.07 Å². The molecule has 0 atom stereocenters. The topological polar surface area (TPSA) is 124 Å². The van der Waals surface area contributed by atoms with Gasteiger partial charge in [0, 0.05) is 22.1 Å². The van der Waals surface area contributed by atoms with E-state index in [0.717, 1.165) is 22.1 Å². The Hall–Kier alpha value is -5.30. The Morgan fingerprint density at radius 3 is 1.82 bits per heavy atom. The zero-order valence-corrected chi connectivity index (χ0v) is 19.9. The molecule has 6 rings (SSSR count). The number of rotatable bonds is 3. The Morgan fingerprint density at radius 2 is 1.21 bits per heavy atom. The monoisotopic (exact) mass is 506 g/mol. The summed E-state index contributed by atoms with van der Waals surface area (Å²) in [6, 6.07) is 30.6. The van der Waals surface area contributed by atoms with Gasteiger partial charge in [0.05, 0.1) is 5.56 Å². The van der Waals surface area contributed by atoms with Crippen LogP contribution < -0.4 is 0 Å². The second-order valence-electron chi connectivity index (χ2n) is 8.70. The Kier molecular flexibility index (Phi) is 6.18. The third-order valence-electron chi connectivity index (χ3n) is 6.45. The molecule has 0 radical (unpaired) electrons. The molecule has 1 heterocycles. The molecule has 1 aliphatic rings. The van der Waals surface area contributed by atoms with Gasteiger partial charge >= 0.3 is 11.9 Å². The first-order valence-electron chi connectivity index (χ1n) is 11.7. The maximum Gasteiger partial charge on any atom is 0.340 e. The zero-order chi connectivity index (χ0) is 26.9. The number of aromatic hydroxyl groups is 3. The van der Waals surface area contributed by atoms with Crippen molar-refractivity contribution in [2.75, 3.05) is 0 Å². The van der Waals surface area contributed by atoms with Gasteiger partial charge in [0.25, 0.3) is 0 Å². The smallest absolute Gasteiger partial charge is 0.340 e. The van der Waals surface area contributed by atoms with E-state index in [9.17, 15) is 24.9 Å². The van der Waals surface area contributed by atoms with Crippen molar-refractivity contribution in [1.29, 1.82) is 0 Å². The number of ether oxygens (including phenoxy) is 1. The van der Waals surface area contributed by atoms with Gasteiger partial charge < -0.3 is 25.2 Å². The summed E-state index contributed by atoms with van der Waals surface area (Å²) in [6.07, 6.45) is 0. The summed E-state index contributed by atoms with van der Waals surface area (Å²) in [5, 5.41) is 39.0. The van der Waals surface area contributed by atoms with Gasteiger partial charge in [0.1, 0.15) is 22.8 Å². The number of hydrogen-bond acceptors (Lipinski definition) is 6. The Labute approximate surface area is 217 Å². The van der Waals surface area contributed by atoms with Gasteiger partial charge in [-0.25, -0.2) is 9.59 Å². The molecule has 0 saturated carbocycles. The molecule has 5 aromatic carbocycles. The van der Waals surface area contributed by atoms with Crippen LogP contribution in [0.5, 0.6) is 17.2 Å². The SMILES string of the molecule is O=C(O)c1ccc2ccccc2c1O.O=C1OC(c2ccc(O)cc2)(c2ccc(O)cc2)c2ccccc21. The average molecular weight is 507 g/mol. The fraction of sp³-hybridized carbons (Fsp3) is 0.0323. The number of carboxylic acids is 1. The second-order valence-corrected chi connectivity index (χ2v) is 8.70. The fourth-order valence-corrected chi connectivity index (χ4v) is 4.63. The largest absolute Gasteiger partial charge is 0.508 e. The predicted octanol–water partition coefficient (Wildman–Crippen LogP) is 5.80. The lowest BCUT2D eigenvalue weighted by Gasteiger charge is -2.30.